The lowest BCUT2D eigenvalue weighted by atomic mass is 9.38. The summed E-state index contributed by atoms with van der Waals surface area (Å²) < 4.78 is 13.3. The van der Waals surface area contributed by atoms with E-state index in [2.05, 4.69) is 45.6 Å². The van der Waals surface area contributed by atoms with Crippen molar-refractivity contribution in [3.05, 3.63) is 23.3 Å². The second-order valence-electron chi connectivity index (χ2n) is 13.8. The fourth-order valence-electron chi connectivity index (χ4n) is 8.72. The topological polar surface area (TPSA) is 62.2 Å². The molecule has 5 aliphatic rings. The van der Waals surface area contributed by atoms with Gasteiger partial charge in [-0.05, 0) is 80.9 Å². The van der Waals surface area contributed by atoms with Crippen LogP contribution in [0.25, 0.3) is 0 Å². The van der Waals surface area contributed by atoms with E-state index in [0.29, 0.717) is 11.8 Å². The SMILES string of the molecule is CO[C@]1(C)[C@@H]([C@](C)(O)C(C)(C)C)C[C@]2(C)[C@H]3Cc4ccc(O)c5c4[C@@]2(CCN3CC2CC2)[C@H]1O5. The van der Waals surface area contributed by atoms with Crippen molar-refractivity contribution >= 4 is 0 Å². The third kappa shape index (κ3) is 2.57. The van der Waals surface area contributed by atoms with Crippen molar-refractivity contribution in [2.45, 2.75) is 102 Å². The smallest absolute Gasteiger partial charge is 0.165 e. The Morgan fingerprint density at radius 2 is 1.88 bits per heavy atom. The summed E-state index contributed by atoms with van der Waals surface area (Å²) in [5.74, 6) is 1.63. The Kier molecular flexibility index (Phi) is 4.57. The third-order valence-corrected chi connectivity index (χ3v) is 11.4. The number of phenols is 1. The Hall–Kier alpha value is -1.30. The van der Waals surface area contributed by atoms with Gasteiger partial charge in [0.2, 0.25) is 0 Å². The minimum atomic E-state index is -0.960. The molecule has 0 aromatic heterocycles. The summed E-state index contributed by atoms with van der Waals surface area (Å²) >= 11 is 0. The monoisotopic (exact) mass is 469 g/mol. The van der Waals surface area contributed by atoms with Crippen LogP contribution in [0.1, 0.15) is 78.4 Å². The number of likely N-dealkylation sites (tertiary alicyclic amines) is 1. The highest BCUT2D eigenvalue weighted by Gasteiger charge is 2.77. The van der Waals surface area contributed by atoms with Gasteiger partial charge < -0.3 is 19.7 Å². The van der Waals surface area contributed by atoms with Gasteiger partial charge in [0.15, 0.2) is 11.5 Å². The van der Waals surface area contributed by atoms with E-state index in [9.17, 15) is 10.2 Å². The number of benzene rings is 1. The molecule has 6 rings (SSSR count). The van der Waals surface area contributed by atoms with Crippen molar-refractivity contribution in [3.8, 4) is 11.5 Å². The van der Waals surface area contributed by atoms with Gasteiger partial charge >= 0.3 is 0 Å². The van der Waals surface area contributed by atoms with Crippen molar-refractivity contribution < 1.29 is 19.7 Å². The average molecular weight is 470 g/mol. The molecular weight excluding hydrogens is 426 g/mol. The van der Waals surface area contributed by atoms with Gasteiger partial charge in [-0.25, -0.2) is 0 Å². The Bertz CT molecular complexity index is 1030. The molecule has 2 aliphatic heterocycles. The van der Waals surface area contributed by atoms with E-state index in [1.165, 1.54) is 30.5 Å². The maximum absolute atomic E-state index is 12.2. The molecule has 3 aliphatic carbocycles. The number of aliphatic hydroxyl groups is 1. The van der Waals surface area contributed by atoms with E-state index in [0.717, 1.165) is 31.7 Å². The molecule has 34 heavy (non-hydrogen) atoms. The number of ether oxygens (including phenoxy) is 2. The second kappa shape index (κ2) is 6.72. The largest absolute Gasteiger partial charge is 0.504 e. The second-order valence-corrected chi connectivity index (χ2v) is 13.8. The van der Waals surface area contributed by atoms with E-state index in [1.54, 1.807) is 7.11 Å². The third-order valence-electron chi connectivity index (χ3n) is 11.4. The standard InChI is InChI=1S/C29H43NO4/c1-25(2,3)28(6,32)20-15-26(4)21-14-18-10-11-19(31)23-22(18)29(26,24(34-23)27(20,5)33-7)12-13-30(21)16-17-8-9-17/h10-11,17,20-21,24,31-32H,8-9,12-16H2,1-7H3/t20-,21+,24-,26+,27+,28-,29-/m0/s1. The molecule has 0 unspecified atom stereocenters. The van der Waals surface area contributed by atoms with Crippen molar-refractivity contribution in [1.82, 2.24) is 4.90 Å². The molecule has 1 saturated heterocycles. The molecule has 2 bridgehead atoms. The molecule has 2 saturated carbocycles. The summed E-state index contributed by atoms with van der Waals surface area (Å²) in [5, 5.41) is 23.1. The van der Waals surface area contributed by atoms with Gasteiger partial charge in [0.1, 0.15) is 11.7 Å². The zero-order valence-electron chi connectivity index (χ0n) is 22.1. The summed E-state index contributed by atoms with van der Waals surface area (Å²) in [4.78, 5) is 2.77. The molecule has 1 spiro atoms. The minimum absolute atomic E-state index is 0.0885. The van der Waals surface area contributed by atoms with Crippen LogP contribution >= 0.6 is 0 Å². The fraction of sp³-hybridized carbons (Fsp3) is 0.793. The Balaban J connectivity index is 1.59. The lowest BCUT2D eigenvalue weighted by Gasteiger charge is -2.70. The van der Waals surface area contributed by atoms with Crippen molar-refractivity contribution in [3.63, 3.8) is 0 Å². The lowest BCUT2D eigenvalue weighted by molar-refractivity contribution is -0.270. The van der Waals surface area contributed by atoms with Gasteiger partial charge in [0.05, 0.1) is 5.60 Å². The van der Waals surface area contributed by atoms with E-state index in [-0.39, 0.29) is 34.0 Å². The fourth-order valence-corrected chi connectivity index (χ4v) is 8.72. The molecular formula is C29H43NO4. The van der Waals surface area contributed by atoms with Crippen molar-refractivity contribution in [1.29, 1.82) is 0 Å². The maximum Gasteiger partial charge on any atom is 0.165 e. The highest BCUT2D eigenvalue weighted by Crippen LogP contribution is 2.73. The number of methoxy groups -OCH3 is 1. The quantitative estimate of drug-likeness (QED) is 0.672. The van der Waals surface area contributed by atoms with E-state index >= 15 is 0 Å². The molecule has 2 heterocycles. The Morgan fingerprint density at radius 1 is 1.18 bits per heavy atom. The first-order valence-electron chi connectivity index (χ1n) is 13.3. The Labute approximate surface area is 204 Å². The predicted octanol–water partition coefficient (Wildman–Crippen LogP) is 4.66. The molecule has 5 nitrogen and oxygen atoms in total. The van der Waals surface area contributed by atoms with Gasteiger partial charge in [-0.3, -0.25) is 4.90 Å². The van der Waals surface area contributed by atoms with Crippen LogP contribution in [0.4, 0.5) is 0 Å². The number of piperidine rings is 1. The molecule has 1 aromatic rings. The Morgan fingerprint density at radius 3 is 2.50 bits per heavy atom. The normalized spacial score (nSPS) is 42.6. The number of hydrogen-bond donors (Lipinski definition) is 2. The first-order valence-corrected chi connectivity index (χ1v) is 13.3. The zero-order valence-corrected chi connectivity index (χ0v) is 22.1. The van der Waals surface area contributed by atoms with Crippen molar-refractivity contribution in [2.24, 2.45) is 22.7 Å². The van der Waals surface area contributed by atoms with Gasteiger partial charge in [0, 0.05) is 36.6 Å². The van der Waals surface area contributed by atoms with Crippen LogP contribution in [0.2, 0.25) is 0 Å². The summed E-state index contributed by atoms with van der Waals surface area (Å²) in [6.07, 6.45) is 5.32. The number of nitrogens with zero attached hydrogens (tertiary/aromatic N) is 1. The van der Waals surface area contributed by atoms with Crippen LogP contribution in [-0.2, 0) is 16.6 Å². The first-order chi connectivity index (χ1) is 15.8. The maximum atomic E-state index is 12.2. The van der Waals surface area contributed by atoms with E-state index in [4.69, 9.17) is 9.47 Å². The lowest BCUT2D eigenvalue weighted by Crippen LogP contribution is -2.79. The average Bonchev–Trinajstić information content (AvgIpc) is 3.49. The number of aromatic hydroxyl groups is 1. The van der Waals surface area contributed by atoms with Crippen molar-refractivity contribution in [2.75, 3.05) is 20.2 Å². The highest BCUT2D eigenvalue weighted by atomic mass is 16.6. The minimum Gasteiger partial charge on any atom is -0.504 e. The van der Waals surface area contributed by atoms with E-state index in [1.807, 2.05) is 13.0 Å². The predicted molar refractivity (Wildman–Crippen MR) is 132 cm³/mol. The van der Waals surface area contributed by atoms with Gasteiger partial charge in [-0.2, -0.15) is 0 Å². The van der Waals surface area contributed by atoms with Gasteiger partial charge in [0.25, 0.3) is 0 Å². The highest BCUT2D eigenvalue weighted by molar-refractivity contribution is 5.62. The summed E-state index contributed by atoms with van der Waals surface area (Å²) in [5.41, 5.74) is 0.271. The summed E-state index contributed by atoms with van der Waals surface area (Å²) in [6, 6.07) is 4.35. The van der Waals surface area contributed by atoms with Crippen LogP contribution < -0.4 is 4.74 Å². The van der Waals surface area contributed by atoms with Gasteiger partial charge in [-0.1, -0.05) is 33.8 Å². The van der Waals surface area contributed by atoms with Crippen LogP contribution in [0, 0.1) is 22.7 Å². The molecule has 5 heteroatoms. The van der Waals surface area contributed by atoms with Crippen LogP contribution in [0.15, 0.2) is 12.1 Å². The molecule has 3 fully saturated rings. The van der Waals surface area contributed by atoms with Crippen LogP contribution in [-0.4, -0.2) is 58.7 Å². The summed E-state index contributed by atoms with van der Waals surface area (Å²) in [7, 11) is 1.78. The number of rotatable bonds is 4. The van der Waals surface area contributed by atoms with Crippen LogP contribution in [0.5, 0.6) is 11.5 Å². The molecule has 0 amide bonds. The molecule has 1 aromatic carbocycles. The van der Waals surface area contributed by atoms with Crippen LogP contribution in [0.3, 0.4) is 0 Å². The molecule has 2 N–H and O–H groups in total. The molecule has 188 valence electrons. The number of phenolic OH excluding ortho intramolecular Hbond substituents is 1. The van der Waals surface area contributed by atoms with E-state index < -0.39 is 11.2 Å². The molecule has 7 atom stereocenters. The zero-order chi connectivity index (χ0) is 24.5. The molecule has 0 radical (unpaired) electrons. The first kappa shape index (κ1) is 23.1. The number of hydrogen-bond acceptors (Lipinski definition) is 5. The van der Waals surface area contributed by atoms with Gasteiger partial charge in [-0.15, -0.1) is 0 Å². The summed E-state index contributed by atoms with van der Waals surface area (Å²) in [6.45, 7) is 15.3.